The fourth-order valence-electron chi connectivity index (χ4n) is 3.45. The topological polar surface area (TPSA) is 86.8 Å². The molecule has 1 aromatic carbocycles. The second-order valence-electron chi connectivity index (χ2n) is 7.44. The van der Waals surface area contributed by atoms with E-state index in [-0.39, 0.29) is 22.6 Å². The van der Waals surface area contributed by atoms with Crippen molar-refractivity contribution >= 4 is 33.2 Å². The summed E-state index contributed by atoms with van der Waals surface area (Å²) in [6, 6.07) is 4.66. The second-order valence-corrected chi connectivity index (χ2v) is 9.37. The number of anilines is 2. The first-order chi connectivity index (χ1) is 12.8. The number of hydrogen-bond donors (Lipinski definition) is 1. The standard InChI is InChI=1S/C19H27N3O4S/c1-14(2)19(24)20-16-13-15(27(25,26)21-10-4-3-5-11-21)8-9-17(16)22-12-6-7-18(22)23/h8-9,13-14H,3-7,10-12H2,1-2H3,(H,20,24). The summed E-state index contributed by atoms with van der Waals surface area (Å²) in [6.07, 6.45) is 3.97. The van der Waals surface area contributed by atoms with Gasteiger partial charge in [-0.1, -0.05) is 20.3 Å². The van der Waals surface area contributed by atoms with Gasteiger partial charge in [0, 0.05) is 32.0 Å². The molecule has 2 aliphatic rings. The van der Waals surface area contributed by atoms with E-state index < -0.39 is 10.0 Å². The van der Waals surface area contributed by atoms with Crippen LogP contribution in [-0.4, -0.2) is 44.2 Å². The number of benzene rings is 1. The van der Waals surface area contributed by atoms with E-state index in [1.165, 1.54) is 16.4 Å². The van der Waals surface area contributed by atoms with Crippen LogP contribution >= 0.6 is 0 Å². The predicted octanol–water partition coefficient (Wildman–Crippen LogP) is 2.58. The van der Waals surface area contributed by atoms with Gasteiger partial charge in [0.15, 0.2) is 0 Å². The molecule has 2 fully saturated rings. The molecule has 2 heterocycles. The molecule has 0 atom stereocenters. The first-order valence-electron chi connectivity index (χ1n) is 9.56. The van der Waals surface area contributed by atoms with Crippen LogP contribution in [0.2, 0.25) is 0 Å². The van der Waals surface area contributed by atoms with E-state index >= 15 is 0 Å². The highest BCUT2D eigenvalue weighted by Gasteiger charge is 2.29. The molecule has 0 radical (unpaired) electrons. The molecule has 2 saturated heterocycles. The van der Waals surface area contributed by atoms with Crippen molar-refractivity contribution in [1.82, 2.24) is 4.31 Å². The third-order valence-electron chi connectivity index (χ3n) is 5.07. The van der Waals surface area contributed by atoms with Crippen molar-refractivity contribution < 1.29 is 18.0 Å². The van der Waals surface area contributed by atoms with Gasteiger partial charge in [-0.05, 0) is 37.5 Å². The van der Waals surface area contributed by atoms with Crippen LogP contribution in [0.15, 0.2) is 23.1 Å². The quantitative estimate of drug-likeness (QED) is 0.833. The van der Waals surface area contributed by atoms with Gasteiger partial charge in [-0.2, -0.15) is 4.31 Å². The Morgan fingerprint density at radius 1 is 1.07 bits per heavy atom. The van der Waals surface area contributed by atoms with Crippen LogP contribution in [0, 0.1) is 5.92 Å². The van der Waals surface area contributed by atoms with Crippen LogP contribution < -0.4 is 10.2 Å². The molecule has 0 bridgehead atoms. The van der Waals surface area contributed by atoms with Crippen LogP contribution in [0.3, 0.4) is 0 Å². The zero-order chi connectivity index (χ0) is 19.6. The maximum absolute atomic E-state index is 13.0. The van der Waals surface area contributed by atoms with Crippen molar-refractivity contribution in [3.63, 3.8) is 0 Å². The van der Waals surface area contributed by atoms with Crippen molar-refractivity contribution in [2.24, 2.45) is 5.92 Å². The lowest BCUT2D eigenvalue weighted by Gasteiger charge is -2.27. The molecule has 1 aromatic rings. The highest BCUT2D eigenvalue weighted by atomic mass is 32.2. The van der Waals surface area contributed by atoms with E-state index in [1.54, 1.807) is 24.8 Å². The average Bonchev–Trinajstić information content (AvgIpc) is 3.08. The van der Waals surface area contributed by atoms with Gasteiger partial charge < -0.3 is 10.2 Å². The van der Waals surface area contributed by atoms with Crippen LogP contribution in [0.25, 0.3) is 0 Å². The van der Waals surface area contributed by atoms with Crippen molar-refractivity contribution in [2.75, 3.05) is 29.9 Å². The second kappa shape index (κ2) is 7.98. The van der Waals surface area contributed by atoms with Crippen molar-refractivity contribution in [1.29, 1.82) is 0 Å². The molecule has 0 spiro atoms. The van der Waals surface area contributed by atoms with Gasteiger partial charge in [-0.25, -0.2) is 8.42 Å². The van der Waals surface area contributed by atoms with Gasteiger partial charge in [0.1, 0.15) is 0 Å². The Morgan fingerprint density at radius 2 is 1.78 bits per heavy atom. The van der Waals surface area contributed by atoms with E-state index in [9.17, 15) is 18.0 Å². The van der Waals surface area contributed by atoms with Crippen LogP contribution in [0.1, 0.15) is 46.0 Å². The fraction of sp³-hybridized carbons (Fsp3) is 0.579. The molecule has 0 aliphatic carbocycles. The third kappa shape index (κ3) is 4.16. The summed E-state index contributed by atoms with van der Waals surface area (Å²) in [5, 5.41) is 2.81. The molecule has 0 unspecified atom stereocenters. The number of carbonyl (C=O) groups is 2. The molecule has 8 heteroatoms. The monoisotopic (exact) mass is 393 g/mol. The van der Waals surface area contributed by atoms with E-state index in [0.29, 0.717) is 37.4 Å². The summed E-state index contributed by atoms with van der Waals surface area (Å²) >= 11 is 0. The lowest BCUT2D eigenvalue weighted by molar-refractivity contribution is -0.119. The summed E-state index contributed by atoms with van der Waals surface area (Å²) in [4.78, 5) is 26.2. The predicted molar refractivity (Wildman–Crippen MR) is 104 cm³/mol. The summed E-state index contributed by atoms with van der Waals surface area (Å²) < 4.78 is 27.5. The number of amides is 2. The van der Waals surface area contributed by atoms with Crippen LogP contribution in [0.5, 0.6) is 0 Å². The Balaban J connectivity index is 1.99. The Morgan fingerprint density at radius 3 is 2.37 bits per heavy atom. The number of nitrogens with one attached hydrogen (secondary N) is 1. The maximum Gasteiger partial charge on any atom is 0.243 e. The molecule has 2 aliphatic heterocycles. The van der Waals surface area contributed by atoms with Crippen molar-refractivity contribution in [2.45, 2.75) is 50.8 Å². The molecular weight excluding hydrogens is 366 g/mol. The number of piperidine rings is 1. The summed E-state index contributed by atoms with van der Waals surface area (Å²) in [5.41, 5.74) is 0.936. The summed E-state index contributed by atoms with van der Waals surface area (Å²) in [7, 11) is -3.62. The molecule has 3 rings (SSSR count). The molecular formula is C19H27N3O4S. The molecule has 1 N–H and O–H groups in total. The Labute approximate surface area is 160 Å². The van der Waals surface area contributed by atoms with Gasteiger partial charge in [0.25, 0.3) is 0 Å². The minimum absolute atomic E-state index is 0.0123. The molecule has 27 heavy (non-hydrogen) atoms. The zero-order valence-electron chi connectivity index (χ0n) is 15.9. The number of nitrogens with zero attached hydrogens (tertiary/aromatic N) is 2. The Kier molecular flexibility index (Phi) is 5.86. The van der Waals surface area contributed by atoms with Crippen LogP contribution in [0.4, 0.5) is 11.4 Å². The third-order valence-corrected chi connectivity index (χ3v) is 6.96. The fourth-order valence-corrected chi connectivity index (χ4v) is 4.99. The average molecular weight is 394 g/mol. The zero-order valence-corrected chi connectivity index (χ0v) is 16.7. The SMILES string of the molecule is CC(C)C(=O)Nc1cc(S(=O)(=O)N2CCCCC2)ccc1N1CCCC1=O. The van der Waals surface area contributed by atoms with Gasteiger partial charge in [-0.15, -0.1) is 0 Å². The van der Waals surface area contributed by atoms with Gasteiger partial charge >= 0.3 is 0 Å². The van der Waals surface area contributed by atoms with E-state index in [1.807, 2.05) is 0 Å². The molecule has 2 amide bonds. The Hall–Kier alpha value is -1.93. The number of hydrogen-bond acceptors (Lipinski definition) is 4. The van der Waals surface area contributed by atoms with Crippen molar-refractivity contribution in [3.8, 4) is 0 Å². The lowest BCUT2D eigenvalue weighted by atomic mass is 10.2. The number of rotatable bonds is 5. The van der Waals surface area contributed by atoms with Gasteiger partial charge in [-0.3, -0.25) is 9.59 Å². The molecule has 7 nitrogen and oxygen atoms in total. The van der Waals surface area contributed by atoms with Gasteiger partial charge in [0.05, 0.1) is 16.3 Å². The molecule has 0 saturated carbocycles. The molecule has 148 valence electrons. The minimum atomic E-state index is -3.62. The number of carbonyl (C=O) groups excluding carboxylic acids is 2. The first-order valence-corrected chi connectivity index (χ1v) is 11.0. The normalized spacial score (nSPS) is 18.9. The minimum Gasteiger partial charge on any atom is -0.324 e. The Bertz CT molecular complexity index is 829. The maximum atomic E-state index is 13.0. The van der Waals surface area contributed by atoms with Crippen molar-refractivity contribution in [3.05, 3.63) is 18.2 Å². The highest BCUT2D eigenvalue weighted by Crippen LogP contribution is 2.33. The lowest BCUT2D eigenvalue weighted by Crippen LogP contribution is -2.35. The highest BCUT2D eigenvalue weighted by molar-refractivity contribution is 7.89. The molecule has 0 aromatic heterocycles. The van der Waals surface area contributed by atoms with E-state index in [4.69, 9.17) is 0 Å². The summed E-state index contributed by atoms with van der Waals surface area (Å²) in [6.45, 7) is 5.14. The summed E-state index contributed by atoms with van der Waals surface area (Å²) in [5.74, 6) is -0.480. The van der Waals surface area contributed by atoms with E-state index in [2.05, 4.69) is 5.32 Å². The van der Waals surface area contributed by atoms with Gasteiger partial charge in [0.2, 0.25) is 21.8 Å². The smallest absolute Gasteiger partial charge is 0.243 e. The van der Waals surface area contributed by atoms with Crippen LogP contribution in [-0.2, 0) is 19.6 Å². The largest absolute Gasteiger partial charge is 0.324 e. The van der Waals surface area contributed by atoms with E-state index in [0.717, 1.165) is 25.7 Å². The first kappa shape index (κ1) is 19.8. The number of sulfonamides is 1.